The Labute approximate surface area is 118 Å². The highest BCUT2D eigenvalue weighted by atomic mass is 79.9. The molecule has 0 amide bonds. The molecule has 3 heteroatoms. The van der Waals surface area contributed by atoms with Crippen molar-refractivity contribution in [1.29, 1.82) is 0 Å². The first-order chi connectivity index (χ1) is 8.24. The summed E-state index contributed by atoms with van der Waals surface area (Å²) < 4.78 is 1.27. The van der Waals surface area contributed by atoms with Crippen LogP contribution in [0.3, 0.4) is 0 Å². The molecule has 2 unspecified atom stereocenters. The van der Waals surface area contributed by atoms with Gasteiger partial charge in [-0.05, 0) is 45.8 Å². The van der Waals surface area contributed by atoms with Crippen molar-refractivity contribution >= 4 is 27.3 Å². The lowest BCUT2D eigenvalue weighted by atomic mass is 9.88. The van der Waals surface area contributed by atoms with Crippen molar-refractivity contribution in [2.75, 3.05) is 6.54 Å². The molecule has 0 aliphatic rings. The second-order valence-corrected chi connectivity index (χ2v) is 6.12. The lowest BCUT2D eigenvalue weighted by Crippen LogP contribution is -2.28. The summed E-state index contributed by atoms with van der Waals surface area (Å²) in [5.41, 5.74) is 1.44. The Morgan fingerprint density at radius 3 is 2.53 bits per heavy atom. The normalized spacial score (nSPS) is 14.8. The molecule has 0 aliphatic heterocycles. The monoisotopic (exact) mass is 317 g/mol. The Morgan fingerprint density at radius 1 is 1.29 bits per heavy atom. The van der Waals surface area contributed by atoms with Gasteiger partial charge in [0.1, 0.15) is 0 Å². The predicted molar refractivity (Wildman–Crippen MR) is 81.7 cm³/mol. The second-order valence-electron chi connectivity index (χ2n) is 4.52. The van der Waals surface area contributed by atoms with Gasteiger partial charge >= 0.3 is 0 Å². The van der Waals surface area contributed by atoms with Crippen LogP contribution in [-0.2, 0) is 0 Å². The van der Waals surface area contributed by atoms with Crippen LogP contribution in [0.2, 0.25) is 0 Å². The zero-order valence-corrected chi connectivity index (χ0v) is 13.5. The van der Waals surface area contributed by atoms with Gasteiger partial charge in [0, 0.05) is 15.9 Å². The summed E-state index contributed by atoms with van der Waals surface area (Å²) in [6.45, 7) is 7.82. The van der Waals surface area contributed by atoms with Crippen LogP contribution < -0.4 is 5.32 Å². The van der Waals surface area contributed by atoms with Gasteiger partial charge in [-0.2, -0.15) is 11.3 Å². The lowest BCUT2D eigenvalue weighted by Gasteiger charge is -2.27. The van der Waals surface area contributed by atoms with E-state index >= 15 is 0 Å². The molecule has 1 rings (SSSR count). The Bertz CT molecular complexity index is 311. The van der Waals surface area contributed by atoms with E-state index in [1.807, 2.05) is 0 Å². The SMILES string of the molecule is CCCCC(CC)C(NCC)c1cscc1Br. The standard InChI is InChI=1S/C14H24BrNS/c1-4-7-8-11(5-2)14(16-6-3)12-9-17-10-13(12)15/h9-11,14,16H,4-8H2,1-3H3. The van der Waals surface area contributed by atoms with Crippen LogP contribution in [0.1, 0.15) is 58.1 Å². The Hall–Kier alpha value is 0.140. The van der Waals surface area contributed by atoms with E-state index in [9.17, 15) is 0 Å². The van der Waals surface area contributed by atoms with Crippen molar-refractivity contribution in [1.82, 2.24) is 5.32 Å². The average molecular weight is 318 g/mol. The summed E-state index contributed by atoms with van der Waals surface area (Å²) >= 11 is 5.46. The van der Waals surface area contributed by atoms with Gasteiger partial charge in [-0.1, -0.05) is 40.0 Å². The summed E-state index contributed by atoms with van der Waals surface area (Å²) in [5.74, 6) is 0.751. The van der Waals surface area contributed by atoms with Crippen LogP contribution in [0.15, 0.2) is 15.2 Å². The molecule has 0 saturated carbocycles. The number of unbranched alkanes of at least 4 members (excludes halogenated alkanes) is 1. The highest BCUT2D eigenvalue weighted by Crippen LogP contribution is 2.35. The van der Waals surface area contributed by atoms with E-state index in [0.717, 1.165) is 12.5 Å². The molecule has 1 heterocycles. The molecule has 0 radical (unpaired) electrons. The molecular weight excluding hydrogens is 294 g/mol. The number of hydrogen-bond acceptors (Lipinski definition) is 2. The molecule has 0 fully saturated rings. The van der Waals surface area contributed by atoms with Crippen LogP contribution in [-0.4, -0.2) is 6.54 Å². The average Bonchev–Trinajstić information content (AvgIpc) is 2.75. The third-order valence-electron chi connectivity index (χ3n) is 3.33. The topological polar surface area (TPSA) is 12.0 Å². The number of rotatable bonds is 8. The molecule has 0 saturated heterocycles. The van der Waals surface area contributed by atoms with E-state index in [-0.39, 0.29) is 0 Å². The fourth-order valence-electron chi connectivity index (χ4n) is 2.34. The Morgan fingerprint density at radius 2 is 2.06 bits per heavy atom. The molecule has 17 heavy (non-hydrogen) atoms. The van der Waals surface area contributed by atoms with Crippen LogP contribution in [0, 0.1) is 5.92 Å². The van der Waals surface area contributed by atoms with Crippen LogP contribution in [0.4, 0.5) is 0 Å². The molecule has 0 aliphatic carbocycles. The predicted octanol–water partition coefficient (Wildman–Crippen LogP) is 5.38. The van der Waals surface area contributed by atoms with Crippen LogP contribution in [0.5, 0.6) is 0 Å². The van der Waals surface area contributed by atoms with E-state index in [1.165, 1.54) is 35.7 Å². The van der Waals surface area contributed by atoms with Gasteiger partial charge in [0.2, 0.25) is 0 Å². The van der Waals surface area contributed by atoms with E-state index < -0.39 is 0 Å². The maximum Gasteiger partial charge on any atom is 0.0367 e. The molecule has 98 valence electrons. The van der Waals surface area contributed by atoms with Gasteiger partial charge in [-0.25, -0.2) is 0 Å². The third-order valence-corrected chi connectivity index (χ3v) is 5.08. The quantitative estimate of drug-likeness (QED) is 0.679. The molecule has 1 N–H and O–H groups in total. The Kier molecular flexibility index (Phi) is 7.40. The molecule has 0 spiro atoms. The first-order valence-corrected chi connectivity index (χ1v) is 8.43. The van der Waals surface area contributed by atoms with E-state index in [0.29, 0.717) is 6.04 Å². The highest BCUT2D eigenvalue weighted by Gasteiger charge is 2.22. The van der Waals surface area contributed by atoms with Crippen molar-refractivity contribution in [3.05, 3.63) is 20.8 Å². The summed E-state index contributed by atoms with van der Waals surface area (Å²) in [6.07, 6.45) is 5.20. The fourth-order valence-corrected chi connectivity index (χ4v) is 3.92. The minimum absolute atomic E-state index is 0.511. The molecular formula is C14H24BrNS. The number of halogens is 1. The molecule has 2 atom stereocenters. The summed E-state index contributed by atoms with van der Waals surface area (Å²) in [6, 6.07) is 0.511. The molecule has 1 aromatic heterocycles. The molecule has 1 aromatic rings. The van der Waals surface area contributed by atoms with Crippen molar-refractivity contribution in [2.24, 2.45) is 5.92 Å². The maximum atomic E-state index is 3.67. The van der Waals surface area contributed by atoms with E-state index in [2.05, 4.69) is 52.8 Å². The largest absolute Gasteiger partial charge is 0.310 e. The lowest BCUT2D eigenvalue weighted by molar-refractivity contribution is 0.327. The smallest absolute Gasteiger partial charge is 0.0367 e. The first-order valence-electron chi connectivity index (χ1n) is 6.69. The van der Waals surface area contributed by atoms with Crippen molar-refractivity contribution < 1.29 is 0 Å². The van der Waals surface area contributed by atoms with Gasteiger partial charge in [0.05, 0.1) is 0 Å². The van der Waals surface area contributed by atoms with Crippen LogP contribution >= 0.6 is 27.3 Å². The zero-order valence-electron chi connectivity index (χ0n) is 11.1. The van der Waals surface area contributed by atoms with Gasteiger partial charge in [-0.3, -0.25) is 0 Å². The third kappa shape index (κ3) is 4.38. The molecule has 0 aromatic carbocycles. The van der Waals surface area contributed by atoms with Crippen molar-refractivity contribution in [3.8, 4) is 0 Å². The highest BCUT2D eigenvalue weighted by molar-refractivity contribution is 9.10. The van der Waals surface area contributed by atoms with Gasteiger partial charge in [-0.15, -0.1) is 0 Å². The van der Waals surface area contributed by atoms with Crippen LogP contribution in [0.25, 0.3) is 0 Å². The van der Waals surface area contributed by atoms with E-state index in [1.54, 1.807) is 11.3 Å². The number of hydrogen-bond donors (Lipinski definition) is 1. The maximum absolute atomic E-state index is 3.67. The Balaban J connectivity index is 2.79. The minimum atomic E-state index is 0.511. The van der Waals surface area contributed by atoms with Crippen molar-refractivity contribution in [2.45, 2.75) is 52.5 Å². The van der Waals surface area contributed by atoms with Gasteiger partial charge in [0.15, 0.2) is 0 Å². The first kappa shape index (κ1) is 15.2. The fraction of sp³-hybridized carbons (Fsp3) is 0.714. The summed E-state index contributed by atoms with van der Waals surface area (Å²) in [5, 5.41) is 8.13. The number of thiophene rings is 1. The molecule has 0 bridgehead atoms. The van der Waals surface area contributed by atoms with E-state index in [4.69, 9.17) is 0 Å². The van der Waals surface area contributed by atoms with Crippen molar-refractivity contribution in [3.63, 3.8) is 0 Å². The van der Waals surface area contributed by atoms with Gasteiger partial charge < -0.3 is 5.32 Å². The zero-order chi connectivity index (χ0) is 12.7. The van der Waals surface area contributed by atoms with Gasteiger partial charge in [0.25, 0.3) is 0 Å². The minimum Gasteiger partial charge on any atom is -0.310 e. The summed E-state index contributed by atoms with van der Waals surface area (Å²) in [7, 11) is 0. The summed E-state index contributed by atoms with van der Waals surface area (Å²) in [4.78, 5) is 0. The number of nitrogens with one attached hydrogen (secondary N) is 1. The second kappa shape index (κ2) is 8.28. The molecule has 1 nitrogen and oxygen atoms in total.